The van der Waals surface area contributed by atoms with Crippen LogP contribution in [0.2, 0.25) is 5.02 Å². The molecule has 4 aromatic rings. The van der Waals surface area contributed by atoms with Crippen LogP contribution >= 0.6 is 11.6 Å². The highest BCUT2D eigenvalue weighted by Crippen LogP contribution is 2.41. The molecule has 1 fully saturated rings. The first-order valence-corrected chi connectivity index (χ1v) is 14.7. The first-order valence-electron chi connectivity index (χ1n) is 14.3. The second-order valence-electron chi connectivity index (χ2n) is 11.2. The van der Waals surface area contributed by atoms with E-state index in [1.807, 2.05) is 12.1 Å². The zero-order valence-corrected chi connectivity index (χ0v) is 25.6. The first kappa shape index (κ1) is 31.2. The van der Waals surface area contributed by atoms with E-state index < -0.39 is 17.3 Å². The van der Waals surface area contributed by atoms with E-state index in [1.54, 1.807) is 45.2 Å². The number of likely N-dealkylation sites (tertiary alicyclic amines) is 1. The number of primary amides is 1. The minimum absolute atomic E-state index is 0.243. The molecule has 1 atom stereocenters. The molecule has 2 heterocycles. The van der Waals surface area contributed by atoms with Gasteiger partial charge in [0.15, 0.2) is 0 Å². The molecule has 1 aliphatic heterocycles. The number of nitrogens with one attached hydrogen (secondary N) is 1. The highest BCUT2D eigenvalue weighted by molar-refractivity contribution is 6.32. The number of nitrogens with zero attached hydrogens (tertiary/aromatic N) is 3. The van der Waals surface area contributed by atoms with Crippen molar-refractivity contribution in [2.24, 2.45) is 5.73 Å². The van der Waals surface area contributed by atoms with Gasteiger partial charge in [-0.15, -0.1) is 0 Å². The van der Waals surface area contributed by atoms with E-state index >= 15 is 0 Å². The molecule has 0 bridgehead atoms. The van der Waals surface area contributed by atoms with Crippen LogP contribution in [-0.4, -0.2) is 46.1 Å². The minimum Gasteiger partial charge on any atom is -0.496 e. The van der Waals surface area contributed by atoms with Crippen molar-refractivity contribution in [1.29, 1.82) is 0 Å². The summed E-state index contributed by atoms with van der Waals surface area (Å²) in [5.41, 5.74) is 6.59. The summed E-state index contributed by atoms with van der Waals surface area (Å²) in [6, 6.07) is 12.5. The van der Waals surface area contributed by atoms with Crippen molar-refractivity contribution in [1.82, 2.24) is 14.9 Å². The van der Waals surface area contributed by atoms with Crippen LogP contribution in [0.1, 0.15) is 50.3 Å². The first-order chi connectivity index (χ1) is 21.0. The highest BCUT2D eigenvalue weighted by Gasteiger charge is 2.26. The lowest BCUT2D eigenvalue weighted by Gasteiger charge is -2.34. The molecule has 4 N–H and O–H groups in total. The third kappa shape index (κ3) is 7.10. The number of rotatable bonds is 10. The third-order valence-corrected chi connectivity index (χ3v) is 7.84. The Morgan fingerprint density at radius 2 is 1.91 bits per heavy atom. The monoisotopic (exact) mass is 619 g/mol. The Kier molecular flexibility index (Phi) is 9.33. The number of benzene rings is 3. The van der Waals surface area contributed by atoms with Crippen molar-refractivity contribution in [2.45, 2.75) is 44.8 Å². The standard InChI is InChI=1S/C33H35ClFN5O4/c1-33(2,42)24-16-30(44-21-9-7-8-20(35)14-21)25(34)17-27(24)39-32-22-15-23(29(43-3)18-26(22)37-19-38-32)28(10-11-31(36)41)40-12-5-4-6-13-40/h7-11,14-19,28,42H,4-6,12-13H2,1-3H3,(H2,36,41)(H,37,38,39). The van der Waals surface area contributed by atoms with Crippen molar-refractivity contribution < 1.29 is 23.8 Å². The third-order valence-electron chi connectivity index (χ3n) is 7.54. The Labute approximate surface area is 260 Å². The van der Waals surface area contributed by atoms with Gasteiger partial charge in [0, 0.05) is 40.4 Å². The maximum absolute atomic E-state index is 13.8. The number of halogens is 2. The summed E-state index contributed by atoms with van der Waals surface area (Å²) in [4.78, 5) is 23.0. The summed E-state index contributed by atoms with van der Waals surface area (Å²) < 4.78 is 25.4. The summed E-state index contributed by atoms with van der Waals surface area (Å²) in [6.07, 6.45) is 7.87. The van der Waals surface area contributed by atoms with E-state index in [9.17, 15) is 14.3 Å². The quantitative estimate of drug-likeness (QED) is 0.166. The van der Waals surface area contributed by atoms with Crippen LogP contribution in [0, 0.1) is 5.82 Å². The number of anilines is 2. The number of ether oxygens (including phenoxy) is 2. The average molecular weight is 620 g/mol. The van der Waals surface area contributed by atoms with E-state index in [0.717, 1.165) is 37.9 Å². The van der Waals surface area contributed by atoms with E-state index in [1.165, 1.54) is 30.6 Å². The molecule has 1 aliphatic rings. The molecule has 9 nitrogen and oxygen atoms in total. The number of aliphatic hydroxyl groups is 1. The number of piperidine rings is 1. The Morgan fingerprint density at radius 3 is 2.59 bits per heavy atom. The van der Waals surface area contributed by atoms with Crippen LogP contribution in [0.25, 0.3) is 10.9 Å². The van der Waals surface area contributed by atoms with Gasteiger partial charge in [-0.3, -0.25) is 9.69 Å². The summed E-state index contributed by atoms with van der Waals surface area (Å²) in [6.45, 7) is 5.01. The minimum atomic E-state index is -1.32. The van der Waals surface area contributed by atoms with Gasteiger partial charge in [0.25, 0.3) is 0 Å². The average Bonchev–Trinajstić information content (AvgIpc) is 2.98. The number of nitrogens with two attached hydrogens (primary N) is 1. The molecule has 3 aromatic carbocycles. The molecular formula is C33H35ClFN5O4. The summed E-state index contributed by atoms with van der Waals surface area (Å²) in [5.74, 6) is 0.634. The molecular weight excluding hydrogens is 585 g/mol. The van der Waals surface area contributed by atoms with Crippen molar-refractivity contribution in [3.05, 3.63) is 89.0 Å². The Hall–Kier alpha value is -4.25. The van der Waals surface area contributed by atoms with Gasteiger partial charge in [0.2, 0.25) is 5.91 Å². The van der Waals surface area contributed by atoms with Crippen LogP contribution in [0.4, 0.5) is 15.9 Å². The van der Waals surface area contributed by atoms with Crippen LogP contribution in [-0.2, 0) is 10.4 Å². The second-order valence-corrected chi connectivity index (χ2v) is 11.6. The van der Waals surface area contributed by atoms with Crippen LogP contribution in [0.5, 0.6) is 17.2 Å². The summed E-state index contributed by atoms with van der Waals surface area (Å²) in [7, 11) is 1.60. The van der Waals surface area contributed by atoms with Crippen LogP contribution in [0.3, 0.4) is 0 Å². The van der Waals surface area contributed by atoms with Crippen molar-refractivity contribution in [3.8, 4) is 17.2 Å². The Bertz CT molecular complexity index is 1700. The summed E-state index contributed by atoms with van der Waals surface area (Å²) >= 11 is 6.64. The number of methoxy groups -OCH3 is 1. The number of amides is 1. The van der Waals surface area contributed by atoms with Crippen LogP contribution < -0.4 is 20.5 Å². The molecule has 5 rings (SSSR count). The SMILES string of the molecule is COc1cc2ncnc(Nc3cc(Cl)c(Oc4cccc(F)c4)cc3C(C)(C)O)c2cc1C(C=CC(N)=O)N1CCCCC1. The van der Waals surface area contributed by atoms with Crippen molar-refractivity contribution in [2.75, 3.05) is 25.5 Å². The van der Waals surface area contributed by atoms with E-state index in [0.29, 0.717) is 33.7 Å². The zero-order chi connectivity index (χ0) is 31.4. The van der Waals surface area contributed by atoms with Crippen molar-refractivity contribution in [3.63, 3.8) is 0 Å². The maximum atomic E-state index is 13.8. The molecule has 1 saturated heterocycles. The molecule has 0 aliphatic carbocycles. The van der Waals surface area contributed by atoms with Gasteiger partial charge in [-0.25, -0.2) is 14.4 Å². The number of hydrogen-bond donors (Lipinski definition) is 3. The van der Waals surface area contributed by atoms with E-state index in [4.69, 9.17) is 26.8 Å². The highest BCUT2D eigenvalue weighted by atomic mass is 35.5. The lowest BCUT2D eigenvalue weighted by atomic mass is 9.95. The van der Waals surface area contributed by atoms with Gasteiger partial charge in [0.05, 0.1) is 29.3 Å². The van der Waals surface area contributed by atoms with Gasteiger partial charge >= 0.3 is 0 Å². The Balaban J connectivity index is 1.59. The van der Waals surface area contributed by atoms with Gasteiger partial charge in [-0.05, 0) is 70.1 Å². The molecule has 0 saturated carbocycles. The number of hydrogen-bond acceptors (Lipinski definition) is 8. The van der Waals surface area contributed by atoms with Gasteiger partial charge in [-0.1, -0.05) is 30.2 Å². The predicted molar refractivity (Wildman–Crippen MR) is 169 cm³/mol. The number of carbonyl (C=O) groups is 1. The zero-order valence-electron chi connectivity index (χ0n) is 24.8. The molecule has 11 heteroatoms. The fourth-order valence-electron chi connectivity index (χ4n) is 5.44. The molecule has 44 heavy (non-hydrogen) atoms. The molecule has 1 amide bonds. The number of aromatic nitrogens is 2. The normalized spacial score (nSPS) is 15.0. The molecule has 1 aromatic heterocycles. The topological polar surface area (TPSA) is 123 Å². The van der Waals surface area contributed by atoms with Gasteiger partial charge in [0.1, 0.15) is 35.2 Å². The van der Waals surface area contributed by atoms with Crippen molar-refractivity contribution >= 4 is 39.9 Å². The number of carbonyl (C=O) groups excluding carboxylic acids is 1. The van der Waals surface area contributed by atoms with Crippen LogP contribution in [0.15, 0.2) is 67.0 Å². The largest absolute Gasteiger partial charge is 0.496 e. The second kappa shape index (κ2) is 13.2. The molecule has 0 radical (unpaired) electrons. The fourth-order valence-corrected chi connectivity index (χ4v) is 5.64. The molecule has 1 unspecified atom stereocenters. The Morgan fingerprint density at radius 1 is 1.14 bits per heavy atom. The van der Waals surface area contributed by atoms with Gasteiger partial charge < -0.3 is 25.6 Å². The predicted octanol–water partition coefficient (Wildman–Crippen LogP) is 6.76. The van der Waals surface area contributed by atoms with E-state index in [-0.39, 0.29) is 22.6 Å². The number of fused-ring (bicyclic) bond motifs is 1. The smallest absolute Gasteiger partial charge is 0.241 e. The van der Waals surface area contributed by atoms with E-state index in [2.05, 4.69) is 20.2 Å². The lowest BCUT2D eigenvalue weighted by molar-refractivity contribution is -0.113. The lowest BCUT2D eigenvalue weighted by Crippen LogP contribution is -2.33. The van der Waals surface area contributed by atoms with Gasteiger partial charge in [-0.2, -0.15) is 0 Å². The maximum Gasteiger partial charge on any atom is 0.241 e. The molecule has 230 valence electrons. The summed E-state index contributed by atoms with van der Waals surface area (Å²) in [5, 5.41) is 15.4. The molecule has 0 spiro atoms. The fraction of sp³-hybridized carbons (Fsp3) is 0.303.